The van der Waals surface area contributed by atoms with Gasteiger partial charge in [-0.25, -0.2) is 9.59 Å². The Hall–Kier alpha value is -3.68. The first-order valence-corrected chi connectivity index (χ1v) is 10.2. The van der Waals surface area contributed by atoms with Gasteiger partial charge in [0.25, 0.3) is 0 Å². The first-order valence-electron chi connectivity index (χ1n) is 10.2. The van der Waals surface area contributed by atoms with E-state index in [9.17, 15) is 19.2 Å². The van der Waals surface area contributed by atoms with Gasteiger partial charge in [0, 0.05) is 0 Å². The lowest BCUT2D eigenvalue weighted by atomic mass is 10.1. The van der Waals surface area contributed by atoms with Crippen LogP contribution in [-0.4, -0.2) is 35.9 Å². The fraction of sp³-hybridized carbons (Fsp3) is 0.333. The van der Waals surface area contributed by atoms with Crippen LogP contribution in [0.3, 0.4) is 0 Å². The number of aldehydes is 1. The summed E-state index contributed by atoms with van der Waals surface area (Å²) in [6.45, 7) is 5.01. The zero-order valence-electron chi connectivity index (χ0n) is 18.4. The number of alkyl carbamates (subject to hydrolysis) is 1. The van der Waals surface area contributed by atoms with E-state index in [0.29, 0.717) is 11.8 Å². The topological polar surface area (TPSA) is 111 Å². The largest absolute Gasteiger partial charge is 0.459 e. The van der Waals surface area contributed by atoms with Crippen molar-refractivity contribution in [2.24, 2.45) is 0 Å². The number of esters is 1. The van der Waals surface area contributed by atoms with Gasteiger partial charge in [0.15, 0.2) is 0 Å². The maximum Gasteiger partial charge on any atom is 0.408 e. The summed E-state index contributed by atoms with van der Waals surface area (Å²) < 4.78 is 10.5. The average Bonchev–Trinajstić information content (AvgIpc) is 2.75. The Labute approximate surface area is 187 Å². The van der Waals surface area contributed by atoms with Gasteiger partial charge in [-0.2, -0.15) is 0 Å². The molecule has 0 fully saturated rings. The molecule has 2 amide bonds. The van der Waals surface area contributed by atoms with Crippen LogP contribution in [0.25, 0.3) is 0 Å². The standard InChI is InChI=1S/C24H28N2O6/c1-24(2,3)32-23(30)26-19(22(29)31-16-17-10-6-4-7-11-17)14-21(28)25-20(15-27)18-12-8-5-9-13-18/h4-13,15,19-20H,14,16H2,1-3H3,(H,25,28)(H,26,30)/t19-,20+/m0/s1. The first kappa shape index (κ1) is 24.6. The van der Waals surface area contributed by atoms with Gasteiger partial charge in [0.1, 0.15) is 30.6 Å². The maximum absolute atomic E-state index is 12.6. The van der Waals surface area contributed by atoms with Crippen molar-refractivity contribution in [2.75, 3.05) is 0 Å². The lowest BCUT2D eigenvalue weighted by Gasteiger charge is -2.23. The molecular formula is C24H28N2O6. The average molecular weight is 440 g/mol. The third-order valence-electron chi connectivity index (χ3n) is 4.20. The van der Waals surface area contributed by atoms with Gasteiger partial charge in [0.2, 0.25) is 5.91 Å². The molecule has 0 saturated heterocycles. The number of benzene rings is 2. The molecule has 0 aliphatic rings. The number of ether oxygens (including phenoxy) is 2. The second kappa shape index (κ2) is 11.6. The van der Waals surface area contributed by atoms with Crippen LogP contribution in [0.4, 0.5) is 4.79 Å². The lowest BCUT2D eigenvalue weighted by molar-refractivity contribution is -0.149. The van der Waals surface area contributed by atoms with Crippen molar-refractivity contribution in [1.29, 1.82) is 0 Å². The van der Waals surface area contributed by atoms with E-state index in [-0.39, 0.29) is 6.61 Å². The van der Waals surface area contributed by atoms with E-state index in [0.717, 1.165) is 5.56 Å². The number of hydrogen-bond donors (Lipinski definition) is 2. The fourth-order valence-corrected chi connectivity index (χ4v) is 2.75. The predicted molar refractivity (Wildman–Crippen MR) is 117 cm³/mol. The molecule has 0 aromatic heterocycles. The minimum Gasteiger partial charge on any atom is -0.459 e. The van der Waals surface area contributed by atoms with Crippen molar-refractivity contribution in [2.45, 2.75) is 51.5 Å². The van der Waals surface area contributed by atoms with Crippen LogP contribution in [0, 0.1) is 0 Å². The monoisotopic (exact) mass is 440 g/mol. The Morgan fingerprint density at radius 1 is 0.938 bits per heavy atom. The molecule has 0 aliphatic heterocycles. The highest BCUT2D eigenvalue weighted by Gasteiger charge is 2.29. The molecule has 170 valence electrons. The van der Waals surface area contributed by atoms with Crippen LogP contribution >= 0.6 is 0 Å². The summed E-state index contributed by atoms with van der Waals surface area (Å²) in [4.78, 5) is 48.9. The zero-order valence-corrected chi connectivity index (χ0v) is 18.4. The summed E-state index contributed by atoms with van der Waals surface area (Å²) in [6.07, 6.45) is -0.691. The number of hydrogen-bond acceptors (Lipinski definition) is 6. The number of nitrogens with one attached hydrogen (secondary N) is 2. The van der Waals surface area contributed by atoms with Gasteiger partial charge >= 0.3 is 12.1 Å². The highest BCUT2D eigenvalue weighted by molar-refractivity contribution is 5.89. The van der Waals surface area contributed by atoms with Crippen LogP contribution in [0.5, 0.6) is 0 Å². The molecule has 32 heavy (non-hydrogen) atoms. The number of carbonyl (C=O) groups excluding carboxylic acids is 4. The first-order chi connectivity index (χ1) is 15.2. The summed E-state index contributed by atoms with van der Waals surface area (Å²) >= 11 is 0. The van der Waals surface area contributed by atoms with Crippen molar-refractivity contribution in [3.05, 3.63) is 71.8 Å². The normalized spacial score (nSPS) is 12.7. The molecule has 0 unspecified atom stereocenters. The molecule has 0 saturated carbocycles. The number of amides is 2. The van der Waals surface area contributed by atoms with E-state index in [1.165, 1.54) is 0 Å². The predicted octanol–water partition coefficient (Wildman–Crippen LogP) is 3.07. The molecule has 0 spiro atoms. The molecular weight excluding hydrogens is 412 g/mol. The quantitative estimate of drug-likeness (QED) is 0.458. The minimum absolute atomic E-state index is 0.0191. The van der Waals surface area contributed by atoms with Gasteiger partial charge in [-0.3, -0.25) is 4.79 Å². The molecule has 2 N–H and O–H groups in total. The maximum atomic E-state index is 12.6. The molecule has 0 radical (unpaired) electrons. The highest BCUT2D eigenvalue weighted by Crippen LogP contribution is 2.12. The fourth-order valence-electron chi connectivity index (χ4n) is 2.75. The molecule has 8 heteroatoms. The minimum atomic E-state index is -1.29. The third kappa shape index (κ3) is 8.59. The number of rotatable bonds is 9. The molecule has 2 rings (SSSR count). The second-order valence-corrected chi connectivity index (χ2v) is 8.09. The van der Waals surface area contributed by atoms with Crippen LogP contribution in [-0.2, 0) is 30.5 Å². The van der Waals surface area contributed by atoms with Crippen molar-refractivity contribution >= 4 is 24.3 Å². The van der Waals surface area contributed by atoms with Crippen LogP contribution in [0.15, 0.2) is 60.7 Å². The van der Waals surface area contributed by atoms with Crippen molar-refractivity contribution < 1.29 is 28.7 Å². The van der Waals surface area contributed by atoms with Gasteiger partial charge in [-0.1, -0.05) is 60.7 Å². The number of carbonyl (C=O) groups is 4. The second-order valence-electron chi connectivity index (χ2n) is 8.09. The van der Waals surface area contributed by atoms with E-state index in [1.807, 2.05) is 6.07 Å². The van der Waals surface area contributed by atoms with Gasteiger partial charge in [-0.05, 0) is 31.9 Å². The van der Waals surface area contributed by atoms with Gasteiger partial charge in [-0.15, -0.1) is 0 Å². The van der Waals surface area contributed by atoms with E-state index < -0.39 is 42.1 Å². The van der Waals surface area contributed by atoms with Crippen molar-refractivity contribution in [1.82, 2.24) is 10.6 Å². The molecule has 2 aromatic rings. The van der Waals surface area contributed by atoms with E-state index in [1.54, 1.807) is 75.4 Å². The van der Waals surface area contributed by atoms with Gasteiger partial charge in [0.05, 0.1) is 6.42 Å². The Morgan fingerprint density at radius 3 is 2.09 bits per heavy atom. The Kier molecular flexibility index (Phi) is 8.95. The van der Waals surface area contributed by atoms with Crippen molar-refractivity contribution in [3.8, 4) is 0 Å². The van der Waals surface area contributed by atoms with E-state index in [4.69, 9.17) is 9.47 Å². The molecule has 0 heterocycles. The summed E-state index contributed by atoms with van der Waals surface area (Å²) in [7, 11) is 0. The SMILES string of the molecule is CC(C)(C)OC(=O)N[C@@H](CC(=O)N[C@H](C=O)c1ccccc1)C(=O)OCc1ccccc1. The van der Waals surface area contributed by atoms with Crippen LogP contribution in [0.1, 0.15) is 44.4 Å². The van der Waals surface area contributed by atoms with E-state index in [2.05, 4.69) is 10.6 Å². The summed E-state index contributed by atoms with van der Waals surface area (Å²) in [5, 5.41) is 4.94. The van der Waals surface area contributed by atoms with Crippen molar-refractivity contribution in [3.63, 3.8) is 0 Å². The molecule has 8 nitrogen and oxygen atoms in total. The summed E-state index contributed by atoms with van der Waals surface area (Å²) in [6, 6.07) is 15.5. The smallest absolute Gasteiger partial charge is 0.408 e. The highest BCUT2D eigenvalue weighted by atomic mass is 16.6. The van der Waals surface area contributed by atoms with Gasteiger partial charge < -0.3 is 24.9 Å². The summed E-state index contributed by atoms with van der Waals surface area (Å²) in [5.41, 5.74) is 0.561. The Bertz CT molecular complexity index is 909. The Morgan fingerprint density at radius 2 is 1.53 bits per heavy atom. The zero-order chi connectivity index (χ0) is 23.6. The Balaban J connectivity index is 2.06. The molecule has 0 bridgehead atoms. The van der Waals surface area contributed by atoms with Crippen LogP contribution in [0.2, 0.25) is 0 Å². The van der Waals surface area contributed by atoms with Crippen LogP contribution < -0.4 is 10.6 Å². The van der Waals surface area contributed by atoms with E-state index >= 15 is 0 Å². The summed E-state index contributed by atoms with van der Waals surface area (Å²) in [5.74, 6) is -1.40. The molecule has 2 atom stereocenters. The molecule has 0 aliphatic carbocycles. The lowest BCUT2D eigenvalue weighted by Crippen LogP contribution is -2.47. The third-order valence-corrected chi connectivity index (χ3v) is 4.20. The molecule has 2 aromatic carbocycles.